The number of esters is 1. The smallest absolute Gasteiger partial charge is 0.340 e. The molecular weight excluding hydrogens is 344 g/mol. The fraction of sp³-hybridized carbons (Fsp3) is 0.619. The number of benzene rings is 1. The van der Waals surface area contributed by atoms with Gasteiger partial charge in [-0.2, -0.15) is 0 Å². The summed E-state index contributed by atoms with van der Waals surface area (Å²) in [5.74, 6) is 1.60. The molecule has 2 saturated carbocycles. The minimum Gasteiger partial charge on any atom is -0.465 e. The van der Waals surface area contributed by atoms with E-state index in [-0.39, 0.29) is 5.91 Å². The van der Waals surface area contributed by atoms with Gasteiger partial charge >= 0.3 is 5.97 Å². The first-order valence-electron chi connectivity index (χ1n) is 9.99. The Kier molecular flexibility index (Phi) is 5.34. The van der Waals surface area contributed by atoms with Crippen LogP contribution < -0.4 is 10.2 Å². The van der Waals surface area contributed by atoms with Crippen LogP contribution in [0.1, 0.15) is 42.5 Å². The molecule has 0 unspecified atom stereocenters. The van der Waals surface area contributed by atoms with Crippen molar-refractivity contribution in [3.05, 3.63) is 23.8 Å². The molecule has 146 valence electrons. The number of methoxy groups -OCH3 is 1. The topological polar surface area (TPSA) is 67.9 Å². The summed E-state index contributed by atoms with van der Waals surface area (Å²) in [5, 5.41) is 2.96. The minimum atomic E-state index is -0.430. The molecule has 27 heavy (non-hydrogen) atoms. The van der Waals surface area contributed by atoms with Gasteiger partial charge in [-0.1, -0.05) is 6.42 Å². The number of fused-ring (bicyclic) bond motifs is 2. The van der Waals surface area contributed by atoms with E-state index in [1.807, 2.05) is 18.2 Å². The van der Waals surface area contributed by atoms with E-state index >= 15 is 0 Å². The highest BCUT2D eigenvalue weighted by atomic mass is 16.5. The molecular formula is C21H28N2O4. The molecule has 1 saturated heterocycles. The molecule has 1 aliphatic heterocycles. The third-order valence-electron chi connectivity index (χ3n) is 6.39. The molecule has 0 radical (unpaired) electrons. The Hall–Kier alpha value is -2.08. The lowest BCUT2D eigenvalue weighted by Crippen LogP contribution is -2.36. The van der Waals surface area contributed by atoms with E-state index < -0.39 is 5.97 Å². The number of carbonyl (C=O) groups is 2. The van der Waals surface area contributed by atoms with Crippen LogP contribution >= 0.6 is 0 Å². The molecule has 6 heteroatoms. The average molecular weight is 372 g/mol. The maximum absolute atomic E-state index is 12.6. The standard InChI is InChI=1S/C21H28N2O4/c1-26-21(25)18-13-17(23-6-8-27-9-7-23)4-5-19(18)22-20(24)12-16-11-14-2-3-15(16)10-14/h4-5,13-16H,2-3,6-12H2,1H3,(H,22,24)/t14-,15-,16-/m0/s1. The van der Waals surface area contributed by atoms with Gasteiger partial charge in [0.1, 0.15) is 0 Å². The van der Waals surface area contributed by atoms with Gasteiger partial charge in [0.25, 0.3) is 0 Å². The molecule has 2 aliphatic carbocycles. The van der Waals surface area contributed by atoms with Crippen molar-refractivity contribution in [1.82, 2.24) is 0 Å². The zero-order valence-electron chi connectivity index (χ0n) is 15.9. The molecule has 3 fully saturated rings. The van der Waals surface area contributed by atoms with Crippen LogP contribution in [0.5, 0.6) is 0 Å². The van der Waals surface area contributed by atoms with Crippen LogP contribution in [-0.4, -0.2) is 45.3 Å². The van der Waals surface area contributed by atoms with Gasteiger partial charge in [0, 0.05) is 25.2 Å². The zero-order chi connectivity index (χ0) is 18.8. The van der Waals surface area contributed by atoms with Crippen molar-refractivity contribution in [3.8, 4) is 0 Å². The highest BCUT2D eigenvalue weighted by Crippen LogP contribution is 2.49. The number of rotatable bonds is 5. The molecule has 3 atom stereocenters. The zero-order valence-corrected chi connectivity index (χ0v) is 15.9. The molecule has 6 nitrogen and oxygen atoms in total. The first-order chi connectivity index (χ1) is 13.1. The van der Waals surface area contributed by atoms with Gasteiger partial charge in [0.05, 0.1) is 31.6 Å². The predicted octanol–water partition coefficient (Wildman–Crippen LogP) is 3.07. The van der Waals surface area contributed by atoms with E-state index in [2.05, 4.69) is 10.2 Å². The fourth-order valence-corrected chi connectivity index (χ4v) is 5.00. The Morgan fingerprint density at radius 2 is 2.04 bits per heavy atom. The van der Waals surface area contributed by atoms with Gasteiger partial charge in [-0.05, 0) is 55.2 Å². The van der Waals surface area contributed by atoms with Crippen molar-refractivity contribution in [2.24, 2.45) is 17.8 Å². The van der Waals surface area contributed by atoms with Crippen molar-refractivity contribution in [2.75, 3.05) is 43.6 Å². The summed E-state index contributed by atoms with van der Waals surface area (Å²) in [6.45, 7) is 2.93. The third-order valence-corrected chi connectivity index (χ3v) is 6.39. The summed E-state index contributed by atoms with van der Waals surface area (Å²) in [6.07, 6.45) is 5.62. The van der Waals surface area contributed by atoms with Gasteiger partial charge in [-0.25, -0.2) is 4.79 Å². The fourth-order valence-electron chi connectivity index (χ4n) is 5.00. The number of hydrogen-bond donors (Lipinski definition) is 1. The summed E-state index contributed by atoms with van der Waals surface area (Å²) < 4.78 is 10.3. The van der Waals surface area contributed by atoms with Crippen LogP contribution in [0.2, 0.25) is 0 Å². The van der Waals surface area contributed by atoms with Crippen molar-refractivity contribution in [3.63, 3.8) is 0 Å². The monoisotopic (exact) mass is 372 g/mol. The second-order valence-electron chi connectivity index (χ2n) is 8.01. The first-order valence-corrected chi connectivity index (χ1v) is 9.99. The number of nitrogens with zero attached hydrogens (tertiary/aromatic N) is 1. The molecule has 1 aromatic rings. The summed E-state index contributed by atoms with van der Waals surface area (Å²) in [6, 6.07) is 5.57. The number of morpholine rings is 1. The molecule has 0 spiro atoms. The van der Waals surface area contributed by atoms with Gasteiger partial charge in [-0.15, -0.1) is 0 Å². The molecule has 1 amide bonds. The van der Waals surface area contributed by atoms with Gasteiger partial charge in [-0.3, -0.25) is 4.79 Å². The van der Waals surface area contributed by atoms with Crippen molar-refractivity contribution >= 4 is 23.3 Å². The van der Waals surface area contributed by atoms with E-state index in [9.17, 15) is 9.59 Å². The number of hydrogen-bond acceptors (Lipinski definition) is 5. The van der Waals surface area contributed by atoms with Crippen molar-refractivity contribution < 1.29 is 19.1 Å². The van der Waals surface area contributed by atoms with E-state index in [4.69, 9.17) is 9.47 Å². The van der Waals surface area contributed by atoms with E-state index in [0.29, 0.717) is 42.7 Å². The SMILES string of the molecule is COC(=O)c1cc(N2CCOCC2)ccc1NC(=O)C[C@@H]1C[C@H]2CC[C@H]1C2. The third kappa shape index (κ3) is 3.95. The largest absolute Gasteiger partial charge is 0.465 e. The maximum Gasteiger partial charge on any atom is 0.340 e. The summed E-state index contributed by atoms with van der Waals surface area (Å²) in [7, 11) is 1.37. The summed E-state index contributed by atoms with van der Waals surface area (Å²) >= 11 is 0. The highest BCUT2D eigenvalue weighted by Gasteiger charge is 2.40. The number of ether oxygens (including phenoxy) is 2. The van der Waals surface area contributed by atoms with Crippen LogP contribution in [0.15, 0.2) is 18.2 Å². The Morgan fingerprint density at radius 1 is 1.22 bits per heavy atom. The quantitative estimate of drug-likeness (QED) is 0.805. The molecule has 4 rings (SSSR count). The lowest BCUT2D eigenvalue weighted by atomic mass is 9.86. The second kappa shape index (κ2) is 7.89. The average Bonchev–Trinajstić information content (AvgIpc) is 3.31. The van der Waals surface area contributed by atoms with Gasteiger partial charge in [0.15, 0.2) is 0 Å². The first kappa shape index (κ1) is 18.3. The van der Waals surface area contributed by atoms with Crippen LogP contribution in [0.3, 0.4) is 0 Å². The molecule has 1 aromatic carbocycles. The van der Waals surface area contributed by atoms with Gasteiger partial charge < -0.3 is 19.7 Å². The van der Waals surface area contributed by atoms with Crippen LogP contribution in [0, 0.1) is 17.8 Å². The molecule has 0 aromatic heterocycles. The summed E-state index contributed by atoms with van der Waals surface area (Å²) in [5.41, 5.74) is 1.89. The van der Waals surface area contributed by atoms with E-state index in [0.717, 1.165) is 24.7 Å². The van der Waals surface area contributed by atoms with Gasteiger partial charge in [0.2, 0.25) is 5.91 Å². The summed E-state index contributed by atoms with van der Waals surface area (Å²) in [4.78, 5) is 27.1. The number of anilines is 2. The Bertz CT molecular complexity index is 714. The number of nitrogens with one attached hydrogen (secondary N) is 1. The predicted molar refractivity (Wildman–Crippen MR) is 103 cm³/mol. The van der Waals surface area contributed by atoms with Crippen LogP contribution in [-0.2, 0) is 14.3 Å². The van der Waals surface area contributed by atoms with Crippen LogP contribution in [0.25, 0.3) is 0 Å². The normalized spacial score (nSPS) is 26.9. The number of carbonyl (C=O) groups excluding carboxylic acids is 2. The molecule has 3 aliphatic rings. The van der Waals surface area contributed by atoms with E-state index in [1.165, 1.54) is 32.8 Å². The highest BCUT2D eigenvalue weighted by molar-refractivity contribution is 6.02. The number of amides is 1. The lowest BCUT2D eigenvalue weighted by molar-refractivity contribution is -0.117. The Labute approximate surface area is 160 Å². The second-order valence-corrected chi connectivity index (χ2v) is 8.01. The minimum absolute atomic E-state index is 0.00294. The van der Waals surface area contributed by atoms with E-state index in [1.54, 1.807) is 0 Å². The Morgan fingerprint density at radius 3 is 2.70 bits per heavy atom. The molecule has 1 heterocycles. The molecule has 2 bridgehead atoms. The lowest BCUT2D eigenvalue weighted by Gasteiger charge is -2.29. The maximum atomic E-state index is 12.6. The Balaban J connectivity index is 1.47. The van der Waals surface area contributed by atoms with Crippen molar-refractivity contribution in [1.29, 1.82) is 0 Å². The van der Waals surface area contributed by atoms with Crippen molar-refractivity contribution in [2.45, 2.75) is 32.1 Å². The van der Waals surface area contributed by atoms with Crippen LogP contribution in [0.4, 0.5) is 11.4 Å². The molecule has 1 N–H and O–H groups in total.